The molecule has 0 amide bonds. The number of fused-ring (bicyclic) bond motifs is 1. The van der Waals surface area contributed by atoms with E-state index in [0.29, 0.717) is 5.92 Å². The van der Waals surface area contributed by atoms with E-state index >= 15 is 0 Å². The van der Waals surface area contributed by atoms with Crippen molar-refractivity contribution < 1.29 is 4.74 Å². The van der Waals surface area contributed by atoms with Crippen LogP contribution in [0.1, 0.15) is 63.9 Å². The van der Waals surface area contributed by atoms with E-state index in [1.165, 1.54) is 82.0 Å². The van der Waals surface area contributed by atoms with Crippen molar-refractivity contribution in [2.24, 2.45) is 11.8 Å². The van der Waals surface area contributed by atoms with E-state index in [2.05, 4.69) is 47.7 Å². The number of unbranched alkanes of at least 4 members (excludes halogenated alkanes) is 4. The van der Waals surface area contributed by atoms with Crippen molar-refractivity contribution in [2.45, 2.75) is 64.7 Å². The molecule has 0 saturated carbocycles. The minimum atomic E-state index is 0.642. The van der Waals surface area contributed by atoms with E-state index in [1.807, 2.05) is 12.3 Å². The summed E-state index contributed by atoms with van der Waals surface area (Å²) in [6.45, 7) is 10.2. The number of piperidine rings is 1. The number of rotatable bonds is 12. The van der Waals surface area contributed by atoms with Crippen molar-refractivity contribution in [1.29, 1.82) is 0 Å². The highest BCUT2D eigenvalue weighted by Crippen LogP contribution is 2.30. The van der Waals surface area contributed by atoms with Crippen molar-refractivity contribution >= 4 is 10.9 Å². The molecular weight excluding hydrogens is 368 g/mol. The van der Waals surface area contributed by atoms with Gasteiger partial charge in [-0.1, -0.05) is 38.7 Å². The Labute approximate surface area is 183 Å². The Morgan fingerprint density at radius 3 is 2.83 bits per heavy atom. The Bertz CT molecular complexity index is 788. The first-order valence-electron chi connectivity index (χ1n) is 12.0. The number of ether oxygens (including phenoxy) is 1. The summed E-state index contributed by atoms with van der Waals surface area (Å²) < 4.78 is 5.42. The molecule has 0 N–H and O–H groups in total. The number of benzene rings is 1. The highest BCUT2D eigenvalue weighted by Gasteiger charge is 2.26. The second kappa shape index (κ2) is 12.1. The lowest BCUT2D eigenvalue weighted by Gasteiger charge is -2.37. The second-order valence-electron chi connectivity index (χ2n) is 8.91. The van der Waals surface area contributed by atoms with Crippen LogP contribution in [0.5, 0.6) is 5.75 Å². The van der Waals surface area contributed by atoms with E-state index in [9.17, 15) is 0 Å². The Morgan fingerprint density at radius 1 is 1.17 bits per heavy atom. The molecule has 164 valence electrons. The first kappa shape index (κ1) is 22.8. The SMILES string of the molecule is C=C[C@H]1CN(CCCCCCC)CC[C@H]1CCCc1ccnc2ccc(OC)cc12. The molecule has 3 heteroatoms. The third-order valence-corrected chi connectivity index (χ3v) is 6.83. The maximum atomic E-state index is 5.42. The Morgan fingerprint density at radius 2 is 2.03 bits per heavy atom. The second-order valence-corrected chi connectivity index (χ2v) is 8.91. The highest BCUT2D eigenvalue weighted by molar-refractivity contribution is 5.83. The fraction of sp³-hybridized carbons (Fsp3) is 0.593. The van der Waals surface area contributed by atoms with E-state index in [4.69, 9.17) is 4.74 Å². The molecule has 0 radical (unpaired) electrons. The maximum absolute atomic E-state index is 5.42. The fourth-order valence-corrected chi connectivity index (χ4v) is 4.95. The van der Waals surface area contributed by atoms with E-state index < -0.39 is 0 Å². The summed E-state index contributed by atoms with van der Waals surface area (Å²) in [5.74, 6) is 2.33. The van der Waals surface area contributed by atoms with Gasteiger partial charge in [0.15, 0.2) is 0 Å². The average molecular weight is 409 g/mol. The zero-order valence-electron chi connectivity index (χ0n) is 19.1. The third kappa shape index (κ3) is 6.31. The van der Waals surface area contributed by atoms with Crippen molar-refractivity contribution in [3.63, 3.8) is 0 Å². The molecule has 2 aromatic rings. The minimum Gasteiger partial charge on any atom is -0.497 e. The van der Waals surface area contributed by atoms with Gasteiger partial charge >= 0.3 is 0 Å². The van der Waals surface area contributed by atoms with Crippen molar-refractivity contribution in [1.82, 2.24) is 9.88 Å². The summed E-state index contributed by atoms with van der Waals surface area (Å²) in [6.07, 6.45) is 15.9. The number of methoxy groups -OCH3 is 1. The number of pyridine rings is 1. The summed E-state index contributed by atoms with van der Waals surface area (Å²) in [5, 5.41) is 1.23. The fourth-order valence-electron chi connectivity index (χ4n) is 4.95. The number of hydrogen-bond acceptors (Lipinski definition) is 3. The molecule has 3 rings (SSSR count). The summed E-state index contributed by atoms with van der Waals surface area (Å²) in [4.78, 5) is 7.19. The van der Waals surface area contributed by atoms with E-state index in [1.54, 1.807) is 7.11 Å². The molecule has 0 aliphatic carbocycles. The van der Waals surface area contributed by atoms with Gasteiger partial charge in [-0.05, 0) is 86.9 Å². The van der Waals surface area contributed by atoms with Gasteiger partial charge in [0.25, 0.3) is 0 Å². The average Bonchev–Trinajstić information content (AvgIpc) is 2.79. The molecule has 0 spiro atoms. The molecule has 0 bridgehead atoms. The van der Waals surface area contributed by atoms with Gasteiger partial charge in [-0.2, -0.15) is 0 Å². The molecule has 1 aromatic heterocycles. The molecule has 0 unspecified atom stereocenters. The molecule has 1 fully saturated rings. The van der Waals surface area contributed by atoms with E-state index in [-0.39, 0.29) is 0 Å². The van der Waals surface area contributed by atoms with Gasteiger partial charge in [-0.3, -0.25) is 4.98 Å². The lowest BCUT2D eigenvalue weighted by Crippen LogP contribution is -2.40. The zero-order valence-corrected chi connectivity index (χ0v) is 19.1. The van der Waals surface area contributed by atoms with Crippen LogP contribution in [-0.4, -0.2) is 36.6 Å². The number of hydrogen-bond donors (Lipinski definition) is 0. The predicted molar refractivity (Wildman–Crippen MR) is 128 cm³/mol. The Balaban J connectivity index is 1.48. The monoisotopic (exact) mass is 408 g/mol. The standard InChI is InChI=1S/C27H40N2O/c1-4-6-7-8-9-18-29-19-16-23(22(5-2)21-29)11-10-12-24-15-17-28-27-14-13-25(30-3)20-26(24)27/h5,13-15,17,20,22-23H,2,4,6-12,16,18-19,21H2,1,3H3/t22-,23+/m0/s1. The molecule has 1 aliphatic rings. The lowest BCUT2D eigenvalue weighted by atomic mass is 9.81. The van der Waals surface area contributed by atoms with Crippen molar-refractivity contribution in [3.05, 3.63) is 48.7 Å². The first-order valence-corrected chi connectivity index (χ1v) is 12.0. The van der Waals surface area contributed by atoms with Crippen LogP contribution in [0.3, 0.4) is 0 Å². The normalized spacial score (nSPS) is 19.8. The Hall–Kier alpha value is -1.87. The summed E-state index contributed by atoms with van der Waals surface area (Å²) in [5.41, 5.74) is 2.45. The third-order valence-electron chi connectivity index (χ3n) is 6.83. The van der Waals surface area contributed by atoms with Crippen LogP contribution in [0.4, 0.5) is 0 Å². The number of aromatic nitrogens is 1. The zero-order chi connectivity index (χ0) is 21.2. The van der Waals surface area contributed by atoms with Crippen LogP contribution in [0.25, 0.3) is 10.9 Å². The molecule has 2 atom stereocenters. The summed E-state index contributed by atoms with van der Waals surface area (Å²) >= 11 is 0. The number of likely N-dealkylation sites (tertiary alicyclic amines) is 1. The molecule has 2 heterocycles. The smallest absolute Gasteiger partial charge is 0.119 e. The van der Waals surface area contributed by atoms with Gasteiger partial charge in [0, 0.05) is 18.1 Å². The van der Waals surface area contributed by atoms with E-state index in [0.717, 1.165) is 23.6 Å². The Kier molecular flexibility index (Phi) is 9.20. The predicted octanol–water partition coefficient (Wildman–Crippen LogP) is 6.66. The molecule has 3 nitrogen and oxygen atoms in total. The number of nitrogens with zero attached hydrogens (tertiary/aromatic N) is 2. The highest BCUT2D eigenvalue weighted by atomic mass is 16.5. The van der Waals surface area contributed by atoms with Gasteiger partial charge in [-0.15, -0.1) is 6.58 Å². The first-order chi connectivity index (χ1) is 14.7. The van der Waals surface area contributed by atoms with Gasteiger partial charge in [-0.25, -0.2) is 0 Å². The van der Waals surface area contributed by atoms with Crippen LogP contribution in [0.2, 0.25) is 0 Å². The maximum Gasteiger partial charge on any atom is 0.119 e. The van der Waals surface area contributed by atoms with Crippen molar-refractivity contribution in [3.8, 4) is 5.75 Å². The lowest BCUT2D eigenvalue weighted by molar-refractivity contribution is 0.135. The number of aryl methyl sites for hydroxylation is 1. The molecule has 1 saturated heterocycles. The van der Waals surface area contributed by atoms with Gasteiger partial charge in [0.05, 0.1) is 12.6 Å². The molecule has 1 aliphatic heterocycles. The van der Waals surface area contributed by atoms with Gasteiger partial charge < -0.3 is 9.64 Å². The molecule has 1 aromatic carbocycles. The van der Waals surface area contributed by atoms with Gasteiger partial charge in [0.1, 0.15) is 5.75 Å². The summed E-state index contributed by atoms with van der Waals surface area (Å²) in [6, 6.07) is 8.35. The molecular formula is C27H40N2O. The quantitative estimate of drug-likeness (QED) is 0.290. The largest absolute Gasteiger partial charge is 0.497 e. The topological polar surface area (TPSA) is 25.4 Å². The van der Waals surface area contributed by atoms with Crippen LogP contribution < -0.4 is 4.74 Å². The van der Waals surface area contributed by atoms with Crippen LogP contribution >= 0.6 is 0 Å². The van der Waals surface area contributed by atoms with Crippen LogP contribution in [0, 0.1) is 11.8 Å². The van der Waals surface area contributed by atoms with Crippen LogP contribution in [0.15, 0.2) is 43.1 Å². The minimum absolute atomic E-state index is 0.642. The molecule has 30 heavy (non-hydrogen) atoms. The van der Waals surface area contributed by atoms with Crippen LogP contribution in [-0.2, 0) is 6.42 Å². The summed E-state index contributed by atoms with van der Waals surface area (Å²) in [7, 11) is 1.73. The van der Waals surface area contributed by atoms with Gasteiger partial charge in [0.2, 0.25) is 0 Å². The van der Waals surface area contributed by atoms with Crippen molar-refractivity contribution in [2.75, 3.05) is 26.7 Å².